The number of carbonyl (C=O) groups excluding carboxylic acids is 1. The van der Waals surface area contributed by atoms with Crippen LogP contribution in [0.1, 0.15) is 28.7 Å². The monoisotopic (exact) mass is 452 g/mol. The van der Waals surface area contributed by atoms with Gasteiger partial charge in [-0.25, -0.2) is 9.78 Å². The van der Waals surface area contributed by atoms with Crippen molar-refractivity contribution in [3.8, 4) is 0 Å². The normalized spacial score (nSPS) is 17.0. The maximum Gasteiger partial charge on any atom is 0.326 e. The predicted molar refractivity (Wildman–Crippen MR) is 129 cm³/mol. The van der Waals surface area contributed by atoms with Gasteiger partial charge in [0.05, 0.1) is 16.9 Å². The van der Waals surface area contributed by atoms with E-state index < -0.39 is 0 Å². The first kappa shape index (κ1) is 22.2. The highest BCUT2D eigenvalue weighted by Gasteiger charge is 2.25. The van der Waals surface area contributed by atoms with Crippen molar-refractivity contribution in [2.45, 2.75) is 26.4 Å². The van der Waals surface area contributed by atoms with Gasteiger partial charge in [-0.05, 0) is 43.7 Å². The molecule has 3 aromatic rings. The van der Waals surface area contributed by atoms with Gasteiger partial charge in [0.1, 0.15) is 10.3 Å². The molecule has 1 aromatic carbocycles. The highest BCUT2D eigenvalue weighted by Crippen LogP contribution is 2.24. The van der Waals surface area contributed by atoms with Crippen LogP contribution in [-0.2, 0) is 13.6 Å². The van der Waals surface area contributed by atoms with Gasteiger partial charge >= 0.3 is 5.69 Å². The lowest BCUT2D eigenvalue weighted by Gasteiger charge is -2.41. The van der Waals surface area contributed by atoms with Crippen molar-refractivity contribution in [3.05, 3.63) is 62.4 Å². The summed E-state index contributed by atoms with van der Waals surface area (Å²) in [6, 6.07) is 10.2. The molecule has 1 saturated heterocycles. The van der Waals surface area contributed by atoms with Gasteiger partial charge in [-0.15, -0.1) is 0 Å². The zero-order chi connectivity index (χ0) is 23.0. The van der Waals surface area contributed by atoms with E-state index >= 15 is 0 Å². The average molecular weight is 453 g/mol. The molecule has 8 nitrogen and oxygen atoms in total. The number of pyridine rings is 1. The van der Waals surface area contributed by atoms with E-state index in [1.807, 2.05) is 25.1 Å². The summed E-state index contributed by atoms with van der Waals surface area (Å²) < 4.78 is 2.00. The van der Waals surface area contributed by atoms with Crippen LogP contribution < -0.4 is 15.9 Å². The number of nitrogens with zero attached hydrogens (tertiary/aromatic N) is 4. The van der Waals surface area contributed by atoms with Gasteiger partial charge < -0.3 is 15.2 Å². The van der Waals surface area contributed by atoms with E-state index in [0.717, 1.165) is 54.0 Å². The molecule has 0 radical (unpaired) electrons. The fourth-order valence-corrected chi connectivity index (χ4v) is 4.54. The van der Waals surface area contributed by atoms with Crippen LogP contribution in [-0.4, -0.2) is 58.1 Å². The Morgan fingerprint density at radius 1 is 1.28 bits per heavy atom. The number of hydrogen-bond acceptors (Lipinski definition) is 6. The first-order chi connectivity index (χ1) is 15.3. The number of aromatic nitrogens is 3. The fourth-order valence-electron chi connectivity index (χ4n) is 4.28. The summed E-state index contributed by atoms with van der Waals surface area (Å²) in [5.74, 6) is -0.175. The molecular formula is C23H28N6O2S. The zero-order valence-corrected chi connectivity index (χ0v) is 19.6. The molecular weight excluding hydrogens is 424 g/mol. The number of amides is 1. The number of piperazine rings is 1. The molecule has 1 atom stereocenters. The van der Waals surface area contributed by atoms with Crippen molar-refractivity contribution in [2.75, 3.05) is 31.6 Å². The lowest BCUT2D eigenvalue weighted by molar-refractivity contribution is 0.0958. The molecule has 1 unspecified atom stereocenters. The Hall–Kier alpha value is -3.04. The van der Waals surface area contributed by atoms with Crippen LogP contribution in [0.3, 0.4) is 0 Å². The minimum atomic E-state index is -0.201. The molecule has 0 aliphatic carbocycles. The highest BCUT2D eigenvalue weighted by atomic mass is 32.1. The van der Waals surface area contributed by atoms with Crippen molar-refractivity contribution in [3.63, 3.8) is 0 Å². The maximum absolute atomic E-state index is 12.1. The van der Waals surface area contributed by atoms with Gasteiger partial charge in [-0.2, -0.15) is 0 Å². The molecule has 1 aliphatic rings. The lowest BCUT2D eigenvalue weighted by atomic mass is 10.1. The lowest BCUT2D eigenvalue weighted by Crippen LogP contribution is -2.51. The van der Waals surface area contributed by atoms with E-state index in [9.17, 15) is 9.59 Å². The topological polar surface area (TPSA) is 86.3 Å². The summed E-state index contributed by atoms with van der Waals surface area (Å²) >= 11 is 5.40. The SMILES string of the molecule is CNC(=O)c1ccc(N2CCN(Cc3ccc4c(=S)n(C)c(=O)[nH]c4c3)C(C)C2)c(C)n1. The largest absolute Gasteiger partial charge is 0.367 e. The Morgan fingerprint density at radius 3 is 2.75 bits per heavy atom. The van der Waals surface area contributed by atoms with Crippen molar-refractivity contribution in [1.29, 1.82) is 0 Å². The number of H-pyrrole nitrogens is 1. The molecule has 32 heavy (non-hydrogen) atoms. The molecule has 0 saturated carbocycles. The third kappa shape index (κ3) is 4.18. The summed E-state index contributed by atoms with van der Waals surface area (Å²) in [5.41, 5.74) is 4.08. The van der Waals surface area contributed by atoms with Crippen LogP contribution in [0.5, 0.6) is 0 Å². The highest BCUT2D eigenvalue weighted by molar-refractivity contribution is 7.71. The molecule has 0 bridgehead atoms. The Balaban J connectivity index is 1.48. The van der Waals surface area contributed by atoms with Crippen LogP contribution >= 0.6 is 12.2 Å². The second-order valence-electron chi connectivity index (χ2n) is 8.32. The smallest absolute Gasteiger partial charge is 0.326 e. The standard InChI is InChI=1S/C23H28N6O2S/c1-14-12-29(20-8-7-18(21(30)24-3)25-15(20)2)10-9-28(14)13-16-5-6-17-19(11-16)26-23(31)27(4)22(17)32/h5-8,11,14H,9-10,12-13H2,1-4H3,(H,24,30)(H,26,31). The molecule has 3 heterocycles. The summed E-state index contributed by atoms with van der Waals surface area (Å²) in [4.78, 5) is 36.1. The molecule has 168 valence electrons. The molecule has 9 heteroatoms. The third-order valence-electron chi connectivity index (χ3n) is 6.17. The number of aromatic amines is 1. The Labute approximate surface area is 191 Å². The quantitative estimate of drug-likeness (QED) is 0.591. The number of aryl methyl sites for hydroxylation is 1. The minimum Gasteiger partial charge on any atom is -0.367 e. The van der Waals surface area contributed by atoms with Gasteiger partial charge in [0, 0.05) is 51.7 Å². The number of hydrogen-bond donors (Lipinski definition) is 2. The van der Waals surface area contributed by atoms with Crippen LogP contribution in [0.15, 0.2) is 35.1 Å². The zero-order valence-electron chi connectivity index (χ0n) is 18.8. The molecule has 2 aromatic heterocycles. The molecule has 4 rings (SSSR count). The molecule has 1 aliphatic heterocycles. The predicted octanol–water partition coefficient (Wildman–Crippen LogP) is 2.37. The summed E-state index contributed by atoms with van der Waals surface area (Å²) in [7, 11) is 3.29. The Morgan fingerprint density at radius 2 is 2.06 bits per heavy atom. The van der Waals surface area contributed by atoms with Crippen molar-refractivity contribution < 1.29 is 4.79 Å². The maximum atomic E-state index is 12.1. The van der Waals surface area contributed by atoms with E-state index in [2.05, 4.69) is 38.1 Å². The van der Waals surface area contributed by atoms with E-state index in [0.29, 0.717) is 16.4 Å². The summed E-state index contributed by atoms with van der Waals surface area (Å²) in [6.07, 6.45) is 0. The van der Waals surface area contributed by atoms with Gasteiger partial charge in [-0.1, -0.05) is 18.3 Å². The number of rotatable bonds is 4. The van der Waals surface area contributed by atoms with Crippen LogP contribution in [0.25, 0.3) is 10.9 Å². The van der Waals surface area contributed by atoms with Gasteiger partial charge in [-0.3, -0.25) is 14.3 Å². The number of fused-ring (bicyclic) bond motifs is 1. The van der Waals surface area contributed by atoms with Crippen molar-refractivity contribution in [2.24, 2.45) is 7.05 Å². The van der Waals surface area contributed by atoms with E-state index in [1.54, 1.807) is 20.2 Å². The number of anilines is 1. The Kier molecular flexibility index (Phi) is 6.12. The van der Waals surface area contributed by atoms with Crippen LogP contribution in [0, 0.1) is 11.6 Å². The number of benzene rings is 1. The molecule has 1 fully saturated rings. The van der Waals surface area contributed by atoms with Crippen molar-refractivity contribution in [1.82, 2.24) is 24.8 Å². The van der Waals surface area contributed by atoms with Gasteiger partial charge in [0.25, 0.3) is 5.91 Å². The van der Waals surface area contributed by atoms with Crippen LogP contribution in [0.4, 0.5) is 5.69 Å². The number of carbonyl (C=O) groups is 1. The second-order valence-corrected chi connectivity index (χ2v) is 8.71. The first-order valence-corrected chi connectivity index (χ1v) is 11.1. The van der Waals surface area contributed by atoms with Gasteiger partial charge in [0.15, 0.2) is 0 Å². The summed E-state index contributed by atoms with van der Waals surface area (Å²) in [5, 5.41) is 3.50. The number of nitrogens with one attached hydrogen (secondary N) is 2. The first-order valence-electron chi connectivity index (χ1n) is 10.7. The van der Waals surface area contributed by atoms with Gasteiger partial charge in [0.2, 0.25) is 0 Å². The van der Waals surface area contributed by atoms with E-state index in [1.165, 1.54) is 4.57 Å². The van der Waals surface area contributed by atoms with E-state index in [-0.39, 0.29) is 11.6 Å². The van der Waals surface area contributed by atoms with E-state index in [4.69, 9.17) is 12.2 Å². The summed E-state index contributed by atoms with van der Waals surface area (Å²) in [6.45, 7) is 7.62. The van der Waals surface area contributed by atoms with Crippen molar-refractivity contribution >= 4 is 34.7 Å². The molecule has 2 N–H and O–H groups in total. The molecule has 0 spiro atoms. The Bertz CT molecular complexity index is 1300. The average Bonchev–Trinajstić information content (AvgIpc) is 2.78. The second kappa shape index (κ2) is 8.84. The van der Waals surface area contributed by atoms with Crippen LogP contribution in [0.2, 0.25) is 0 Å². The third-order valence-corrected chi connectivity index (χ3v) is 6.67. The minimum absolute atomic E-state index is 0.175. The molecule has 1 amide bonds. The fraction of sp³-hybridized carbons (Fsp3) is 0.391.